The van der Waals surface area contributed by atoms with Crippen LogP contribution in [0.3, 0.4) is 0 Å². The minimum atomic E-state index is -0.619. The Morgan fingerprint density at radius 3 is 2.70 bits per heavy atom. The number of carbonyl (C=O) groups excluding carboxylic acids is 2. The number of nitro benzene ring substituents is 1. The normalized spacial score (nSPS) is 13.3. The number of hydrazone groups is 1. The fourth-order valence-electron chi connectivity index (χ4n) is 3.37. The van der Waals surface area contributed by atoms with E-state index in [2.05, 4.69) is 21.9 Å². The second kappa shape index (κ2) is 9.49. The molecule has 3 rings (SSSR count). The number of nitro groups is 1. The Kier molecular flexibility index (Phi) is 6.79. The van der Waals surface area contributed by atoms with Gasteiger partial charge in [0, 0.05) is 23.5 Å². The summed E-state index contributed by atoms with van der Waals surface area (Å²) in [4.78, 5) is 34.8. The third kappa shape index (κ3) is 5.21. The van der Waals surface area contributed by atoms with Gasteiger partial charge in [-0.2, -0.15) is 5.10 Å². The summed E-state index contributed by atoms with van der Waals surface area (Å²) in [6.07, 6.45) is 4.26. The van der Waals surface area contributed by atoms with Gasteiger partial charge < -0.3 is 5.32 Å². The first-order chi connectivity index (χ1) is 14.3. The molecule has 2 aromatic carbocycles. The van der Waals surface area contributed by atoms with Crippen molar-refractivity contribution in [2.45, 2.75) is 39.0 Å². The number of rotatable bonds is 6. The number of amides is 2. The van der Waals surface area contributed by atoms with Crippen LogP contribution in [-0.2, 0) is 17.6 Å². The Balaban J connectivity index is 1.59. The van der Waals surface area contributed by atoms with E-state index in [1.165, 1.54) is 23.3 Å². The smallest absolute Gasteiger partial charge is 0.272 e. The SMILES string of the molecule is C/C(CC(=O)Nc1cccc2c1CCCC2)=N\NC(=O)c1ccc([N+](=O)[O-])cc1Cl. The van der Waals surface area contributed by atoms with Crippen LogP contribution in [-0.4, -0.2) is 22.4 Å². The van der Waals surface area contributed by atoms with Crippen molar-refractivity contribution in [3.8, 4) is 0 Å². The molecule has 1 aliphatic rings. The van der Waals surface area contributed by atoms with Crippen molar-refractivity contribution in [3.63, 3.8) is 0 Å². The summed E-state index contributed by atoms with van der Waals surface area (Å²) < 4.78 is 0. The Morgan fingerprint density at radius 1 is 1.20 bits per heavy atom. The van der Waals surface area contributed by atoms with E-state index in [1.807, 2.05) is 12.1 Å². The molecule has 0 radical (unpaired) electrons. The van der Waals surface area contributed by atoms with E-state index in [4.69, 9.17) is 11.6 Å². The molecule has 30 heavy (non-hydrogen) atoms. The molecule has 2 aromatic rings. The number of carbonyl (C=O) groups is 2. The van der Waals surface area contributed by atoms with Crippen molar-refractivity contribution >= 4 is 40.5 Å². The third-order valence-corrected chi connectivity index (χ3v) is 5.16. The molecule has 8 nitrogen and oxygen atoms in total. The minimum Gasteiger partial charge on any atom is -0.325 e. The number of anilines is 1. The molecule has 0 fully saturated rings. The molecule has 1 aliphatic carbocycles. The number of non-ortho nitro benzene ring substituents is 1. The van der Waals surface area contributed by atoms with Gasteiger partial charge in [0.05, 0.1) is 21.9 Å². The summed E-state index contributed by atoms with van der Waals surface area (Å²) in [6.45, 7) is 1.62. The Labute approximate surface area is 178 Å². The summed E-state index contributed by atoms with van der Waals surface area (Å²) >= 11 is 5.94. The van der Waals surface area contributed by atoms with Crippen molar-refractivity contribution in [2.75, 3.05) is 5.32 Å². The van der Waals surface area contributed by atoms with E-state index in [0.29, 0.717) is 5.71 Å². The lowest BCUT2D eigenvalue weighted by atomic mass is 9.90. The highest BCUT2D eigenvalue weighted by Crippen LogP contribution is 2.28. The average molecular weight is 429 g/mol. The molecule has 0 aliphatic heterocycles. The van der Waals surface area contributed by atoms with E-state index in [-0.39, 0.29) is 28.6 Å². The number of benzene rings is 2. The van der Waals surface area contributed by atoms with E-state index >= 15 is 0 Å². The van der Waals surface area contributed by atoms with Gasteiger partial charge in [0.15, 0.2) is 0 Å². The molecular weight excluding hydrogens is 408 g/mol. The number of fused-ring (bicyclic) bond motifs is 1. The second-order valence-corrected chi connectivity index (χ2v) is 7.49. The lowest BCUT2D eigenvalue weighted by molar-refractivity contribution is -0.384. The van der Waals surface area contributed by atoms with Crippen LogP contribution < -0.4 is 10.7 Å². The molecule has 0 bridgehead atoms. The van der Waals surface area contributed by atoms with Gasteiger partial charge in [0.1, 0.15) is 0 Å². The topological polar surface area (TPSA) is 114 Å². The zero-order valence-electron chi connectivity index (χ0n) is 16.4. The van der Waals surface area contributed by atoms with Gasteiger partial charge in [-0.1, -0.05) is 23.7 Å². The van der Waals surface area contributed by atoms with Crippen LogP contribution >= 0.6 is 11.6 Å². The monoisotopic (exact) mass is 428 g/mol. The van der Waals surface area contributed by atoms with Gasteiger partial charge in [0.2, 0.25) is 5.91 Å². The minimum absolute atomic E-state index is 0.0118. The molecule has 2 N–H and O–H groups in total. The predicted molar refractivity (Wildman–Crippen MR) is 115 cm³/mol. The fourth-order valence-corrected chi connectivity index (χ4v) is 3.63. The molecule has 0 unspecified atom stereocenters. The number of hydrogen-bond donors (Lipinski definition) is 2. The summed E-state index contributed by atoms with van der Waals surface area (Å²) in [5, 5.41) is 17.6. The lowest BCUT2D eigenvalue weighted by Gasteiger charge is -2.19. The fraction of sp³-hybridized carbons (Fsp3) is 0.286. The van der Waals surface area contributed by atoms with Gasteiger partial charge in [0.25, 0.3) is 11.6 Å². The van der Waals surface area contributed by atoms with Crippen LogP contribution in [0.15, 0.2) is 41.5 Å². The van der Waals surface area contributed by atoms with Gasteiger partial charge >= 0.3 is 0 Å². The quantitative estimate of drug-likeness (QED) is 0.406. The van der Waals surface area contributed by atoms with Crippen LogP contribution in [0.4, 0.5) is 11.4 Å². The number of hydrogen-bond acceptors (Lipinski definition) is 5. The van der Waals surface area contributed by atoms with E-state index in [9.17, 15) is 19.7 Å². The van der Waals surface area contributed by atoms with Crippen LogP contribution in [0, 0.1) is 10.1 Å². The van der Waals surface area contributed by atoms with Crippen LogP contribution in [0.5, 0.6) is 0 Å². The van der Waals surface area contributed by atoms with E-state index in [0.717, 1.165) is 37.4 Å². The summed E-state index contributed by atoms with van der Waals surface area (Å²) in [7, 11) is 0. The maximum atomic E-state index is 12.4. The van der Waals surface area contributed by atoms with Gasteiger partial charge in [-0.05, 0) is 55.9 Å². The van der Waals surface area contributed by atoms with Crippen LogP contribution in [0.2, 0.25) is 5.02 Å². The maximum absolute atomic E-state index is 12.4. The number of halogens is 1. The number of nitrogens with one attached hydrogen (secondary N) is 2. The molecule has 0 saturated heterocycles. The molecule has 0 saturated carbocycles. The van der Waals surface area contributed by atoms with Gasteiger partial charge in [-0.25, -0.2) is 5.43 Å². The van der Waals surface area contributed by atoms with Crippen LogP contribution in [0.1, 0.15) is 47.7 Å². The highest BCUT2D eigenvalue weighted by atomic mass is 35.5. The lowest BCUT2D eigenvalue weighted by Crippen LogP contribution is -2.22. The number of aryl methyl sites for hydroxylation is 1. The molecule has 0 heterocycles. The van der Waals surface area contributed by atoms with E-state index < -0.39 is 10.8 Å². The molecule has 2 amide bonds. The second-order valence-electron chi connectivity index (χ2n) is 7.08. The maximum Gasteiger partial charge on any atom is 0.272 e. The van der Waals surface area contributed by atoms with E-state index in [1.54, 1.807) is 6.92 Å². The number of nitrogens with zero attached hydrogens (tertiary/aromatic N) is 2. The Bertz CT molecular complexity index is 1040. The zero-order valence-corrected chi connectivity index (χ0v) is 17.2. The summed E-state index contributed by atoms with van der Waals surface area (Å²) in [6, 6.07) is 9.47. The largest absolute Gasteiger partial charge is 0.325 e. The van der Waals surface area contributed by atoms with Crippen LogP contribution in [0.25, 0.3) is 0 Å². The molecule has 0 atom stereocenters. The molecule has 0 aromatic heterocycles. The van der Waals surface area contributed by atoms with Crippen molar-refractivity contribution in [3.05, 3.63) is 68.2 Å². The molecule has 9 heteroatoms. The Morgan fingerprint density at radius 2 is 1.97 bits per heavy atom. The summed E-state index contributed by atoms with van der Waals surface area (Å²) in [5.41, 5.74) is 5.86. The van der Waals surface area contributed by atoms with Crippen molar-refractivity contribution in [1.29, 1.82) is 0 Å². The summed E-state index contributed by atoms with van der Waals surface area (Å²) in [5.74, 6) is -0.843. The van der Waals surface area contributed by atoms with Crippen molar-refractivity contribution in [2.24, 2.45) is 5.10 Å². The first-order valence-corrected chi connectivity index (χ1v) is 9.91. The first-order valence-electron chi connectivity index (χ1n) is 9.53. The standard InChI is InChI=1S/C21H21ClN4O4/c1-13(24-25-21(28)17-10-9-15(26(29)30)12-18(17)22)11-20(27)23-19-8-4-6-14-5-2-3-7-16(14)19/h4,6,8-10,12H,2-3,5,7,11H2,1H3,(H,23,27)(H,25,28)/b24-13+. The molecule has 0 spiro atoms. The molecule has 156 valence electrons. The van der Waals surface area contributed by atoms with Gasteiger partial charge in [-0.3, -0.25) is 19.7 Å². The molecular formula is C21H21ClN4O4. The van der Waals surface area contributed by atoms with Crippen molar-refractivity contribution < 1.29 is 14.5 Å². The highest BCUT2D eigenvalue weighted by molar-refractivity contribution is 6.34. The third-order valence-electron chi connectivity index (χ3n) is 4.84. The van der Waals surface area contributed by atoms with Gasteiger partial charge in [-0.15, -0.1) is 0 Å². The Hall–Kier alpha value is -3.26. The predicted octanol–water partition coefficient (Wildman–Crippen LogP) is 4.26. The van der Waals surface area contributed by atoms with Crippen molar-refractivity contribution in [1.82, 2.24) is 5.43 Å². The highest BCUT2D eigenvalue weighted by Gasteiger charge is 2.16. The first kappa shape index (κ1) is 21.4. The average Bonchev–Trinajstić information content (AvgIpc) is 2.72. The zero-order chi connectivity index (χ0) is 21.7.